The molecule has 112 valence electrons. The van der Waals surface area contributed by atoms with Crippen molar-refractivity contribution < 1.29 is 22.8 Å². The zero-order chi connectivity index (χ0) is 15.2. The van der Waals surface area contributed by atoms with E-state index in [2.05, 4.69) is 0 Å². The second-order valence-electron chi connectivity index (χ2n) is 3.70. The topological polar surface area (TPSA) is 122 Å². The van der Waals surface area contributed by atoms with Crippen molar-refractivity contribution in [2.24, 2.45) is 5.14 Å². The van der Waals surface area contributed by atoms with Crippen LogP contribution in [-0.4, -0.2) is 38.9 Å². The second kappa shape index (κ2) is 7.39. The molecule has 0 heterocycles. The average molecular weight is 325 g/mol. The fourth-order valence-electron chi connectivity index (χ4n) is 1.22. The maximum atomic E-state index is 10.6. The zero-order valence-electron chi connectivity index (χ0n) is 10.3. The van der Waals surface area contributed by atoms with Crippen molar-refractivity contribution in [1.82, 2.24) is 0 Å². The third kappa shape index (κ3) is 6.15. The van der Waals surface area contributed by atoms with Gasteiger partial charge in [-0.05, 0) is 6.07 Å². The zero-order valence-corrected chi connectivity index (χ0v) is 11.9. The van der Waals surface area contributed by atoms with Crippen LogP contribution < -0.4 is 9.88 Å². The molecule has 0 atom stereocenters. The summed E-state index contributed by atoms with van der Waals surface area (Å²) in [4.78, 5) is 9.95. The Kier molecular flexibility index (Phi) is 6.14. The van der Waals surface area contributed by atoms with E-state index in [1.165, 1.54) is 18.2 Å². The van der Waals surface area contributed by atoms with Gasteiger partial charge in [-0.3, -0.25) is 10.1 Å². The minimum atomic E-state index is -3.53. The molecular formula is C10H13ClN2O6S. The van der Waals surface area contributed by atoms with Crippen molar-refractivity contribution in [2.45, 2.75) is 0 Å². The highest BCUT2D eigenvalue weighted by Gasteiger charge is 2.12. The molecule has 0 aliphatic rings. The van der Waals surface area contributed by atoms with Gasteiger partial charge in [0, 0.05) is 12.1 Å². The number of halogens is 1. The van der Waals surface area contributed by atoms with Gasteiger partial charge in [0.2, 0.25) is 10.0 Å². The van der Waals surface area contributed by atoms with Gasteiger partial charge in [0.1, 0.15) is 17.4 Å². The van der Waals surface area contributed by atoms with Crippen molar-refractivity contribution in [3.05, 3.63) is 33.3 Å². The Balaban J connectivity index is 2.33. The number of primary sulfonamides is 1. The van der Waals surface area contributed by atoms with Crippen molar-refractivity contribution in [3.8, 4) is 5.75 Å². The number of benzene rings is 1. The number of hydrogen-bond donors (Lipinski definition) is 1. The fraction of sp³-hybridized carbons (Fsp3) is 0.400. The van der Waals surface area contributed by atoms with Crippen LogP contribution >= 0.6 is 11.6 Å². The Labute approximate surface area is 120 Å². The van der Waals surface area contributed by atoms with Crippen LogP contribution in [0, 0.1) is 10.1 Å². The largest absolute Gasteiger partial charge is 0.491 e. The molecule has 0 aliphatic carbocycles. The number of ether oxygens (including phenoxy) is 2. The third-order valence-corrected chi connectivity index (χ3v) is 3.16. The maximum absolute atomic E-state index is 10.6. The normalized spacial score (nSPS) is 11.3. The Hall–Kier alpha value is -1.42. The first-order valence-electron chi connectivity index (χ1n) is 5.44. The Bertz CT molecular complexity index is 577. The molecule has 1 rings (SSSR count). The Morgan fingerprint density at radius 2 is 2.00 bits per heavy atom. The van der Waals surface area contributed by atoms with Crippen molar-refractivity contribution in [1.29, 1.82) is 0 Å². The highest BCUT2D eigenvalue weighted by molar-refractivity contribution is 7.89. The molecule has 0 amide bonds. The second-order valence-corrected chi connectivity index (χ2v) is 5.84. The minimum absolute atomic E-state index is 0.0246. The van der Waals surface area contributed by atoms with Gasteiger partial charge >= 0.3 is 0 Å². The van der Waals surface area contributed by atoms with Gasteiger partial charge < -0.3 is 9.47 Å². The van der Waals surface area contributed by atoms with Crippen molar-refractivity contribution in [3.63, 3.8) is 0 Å². The predicted molar refractivity (Wildman–Crippen MR) is 72.4 cm³/mol. The SMILES string of the molecule is NS(=O)(=O)CCOCCOc1ccc([N+](=O)[O-])c(Cl)c1. The standard InChI is InChI=1S/C10H13ClN2O6S/c11-9-7-8(1-2-10(9)13(14)15)19-4-3-18-5-6-20(12,16)17/h1-2,7H,3-6H2,(H2,12,16,17). The van der Waals surface area contributed by atoms with Gasteiger partial charge in [-0.1, -0.05) is 11.6 Å². The van der Waals surface area contributed by atoms with Crippen LogP contribution in [0.5, 0.6) is 5.75 Å². The van der Waals surface area contributed by atoms with Gasteiger partial charge in [-0.15, -0.1) is 0 Å². The molecule has 0 spiro atoms. The van der Waals surface area contributed by atoms with Crippen LogP contribution in [-0.2, 0) is 14.8 Å². The number of nitrogens with zero attached hydrogens (tertiary/aromatic N) is 1. The number of rotatable bonds is 8. The smallest absolute Gasteiger partial charge is 0.288 e. The van der Waals surface area contributed by atoms with Crippen LogP contribution in [0.1, 0.15) is 0 Å². The molecule has 20 heavy (non-hydrogen) atoms. The molecular weight excluding hydrogens is 312 g/mol. The fourth-order valence-corrected chi connectivity index (χ4v) is 1.81. The molecule has 0 aromatic heterocycles. The van der Waals surface area contributed by atoms with E-state index in [0.29, 0.717) is 5.75 Å². The molecule has 0 bridgehead atoms. The van der Waals surface area contributed by atoms with E-state index in [1.54, 1.807) is 0 Å². The molecule has 1 aromatic rings. The number of sulfonamides is 1. The van der Waals surface area contributed by atoms with E-state index in [4.69, 9.17) is 26.2 Å². The summed E-state index contributed by atoms with van der Waals surface area (Å²) in [5.74, 6) is 0.0896. The summed E-state index contributed by atoms with van der Waals surface area (Å²) >= 11 is 5.70. The van der Waals surface area contributed by atoms with E-state index in [-0.39, 0.29) is 36.3 Å². The van der Waals surface area contributed by atoms with E-state index >= 15 is 0 Å². The van der Waals surface area contributed by atoms with E-state index in [9.17, 15) is 18.5 Å². The highest BCUT2D eigenvalue weighted by Crippen LogP contribution is 2.28. The lowest BCUT2D eigenvalue weighted by Crippen LogP contribution is -2.21. The van der Waals surface area contributed by atoms with E-state index in [0.717, 1.165) is 0 Å². The molecule has 0 aliphatic heterocycles. The summed E-state index contributed by atoms with van der Waals surface area (Å²) in [6.45, 7) is 0.284. The Morgan fingerprint density at radius 3 is 2.55 bits per heavy atom. The van der Waals surface area contributed by atoms with Gasteiger partial charge in [-0.2, -0.15) is 0 Å². The first-order valence-corrected chi connectivity index (χ1v) is 7.54. The average Bonchev–Trinajstić information content (AvgIpc) is 2.32. The highest BCUT2D eigenvalue weighted by atomic mass is 35.5. The summed E-state index contributed by atoms with van der Waals surface area (Å²) in [7, 11) is -3.53. The summed E-state index contributed by atoms with van der Waals surface area (Å²) in [5, 5.41) is 15.3. The molecule has 1 aromatic carbocycles. The van der Waals surface area contributed by atoms with Crippen LogP contribution in [0.25, 0.3) is 0 Å². The number of nitro benzene ring substituents is 1. The van der Waals surface area contributed by atoms with E-state index in [1.807, 2.05) is 0 Å². The van der Waals surface area contributed by atoms with Gasteiger partial charge in [-0.25, -0.2) is 13.6 Å². The molecule has 8 nitrogen and oxygen atoms in total. The number of hydrogen-bond acceptors (Lipinski definition) is 6. The predicted octanol–water partition coefficient (Wildman–Crippen LogP) is 0.932. The molecule has 2 N–H and O–H groups in total. The Morgan fingerprint density at radius 1 is 1.30 bits per heavy atom. The summed E-state index contributed by atoms with van der Waals surface area (Å²) in [5.41, 5.74) is -0.205. The van der Waals surface area contributed by atoms with Gasteiger partial charge in [0.15, 0.2) is 0 Å². The van der Waals surface area contributed by atoms with Crippen LogP contribution in [0.15, 0.2) is 18.2 Å². The summed E-state index contributed by atoms with van der Waals surface area (Å²) < 4.78 is 31.5. The number of nitrogens with two attached hydrogens (primary N) is 1. The van der Waals surface area contributed by atoms with Gasteiger partial charge in [0.05, 0.1) is 23.9 Å². The third-order valence-electron chi connectivity index (χ3n) is 2.12. The monoisotopic (exact) mass is 324 g/mol. The lowest BCUT2D eigenvalue weighted by molar-refractivity contribution is -0.384. The molecule has 0 unspecified atom stereocenters. The molecule has 0 saturated heterocycles. The first kappa shape index (κ1) is 16.6. The first-order chi connectivity index (χ1) is 9.29. The van der Waals surface area contributed by atoms with Crippen LogP contribution in [0.4, 0.5) is 5.69 Å². The maximum Gasteiger partial charge on any atom is 0.288 e. The minimum Gasteiger partial charge on any atom is -0.491 e. The van der Waals surface area contributed by atoms with Crippen LogP contribution in [0.3, 0.4) is 0 Å². The van der Waals surface area contributed by atoms with Crippen molar-refractivity contribution in [2.75, 3.05) is 25.6 Å². The molecule has 0 fully saturated rings. The lowest BCUT2D eigenvalue weighted by atomic mass is 10.3. The van der Waals surface area contributed by atoms with Crippen LogP contribution in [0.2, 0.25) is 5.02 Å². The summed E-state index contributed by atoms with van der Waals surface area (Å²) in [6, 6.07) is 3.97. The quantitative estimate of drug-likeness (QED) is 0.431. The molecule has 0 radical (unpaired) electrons. The molecule has 10 heteroatoms. The molecule has 0 saturated carbocycles. The number of nitro groups is 1. The van der Waals surface area contributed by atoms with Gasteiger partial charge in [0.25, 0.3) is 5.69 Å². The summed E-state index contributed by atoms with van der Waals surface area (Å²) in [6.07, 6.45) is 0. The van der Waals surface area contributed by atoms with E-state index < -0.39 is 14.9 Å². The lowest BCUT2D eigenvalue weighted by Gasteiger charge is -2.07. The van der Waals surface area contributed by atoms with Crippen molar-refractivity contribution >= 4 is 27.3 Å².